The number of amides is 1. The highest BCUT2D eigenvalue weighted by molar-refractivity contribution is 7.47. The van der Waals surface area contributed by atoms with Crippen molar-refractivity contribution in [3.05, 3.63) is 60.8 Å². The van der Waals surface area contributed by atoms with Gasteiger partial charge in [0.1, 0.15) is 13.2 Å². The van der Waals surface area contributed by atoms with E-state index in [1.807, 2.05) is 27.2 Å². The van der Waals surface area contributed by atoms with Gasteiger partial charge < -0.3 is 19.8 Å². The Morgan fingerprint density at radius 3 is 1.54 bits per heavy atom. The van der Waals surface area contributed by atoms with E-state index in [2.05, 4.69) is 67.8 Å². The topological polar surface area (TPSA) is 105 Å². The van der Waals surface area contributed by atoms with Crippen molar-refractivity contribution in [3.63, 3.8) is 0 Å². The standard InChI is InChI=1S/C48H89N2O6P/c1-6-8-10-12-14-16-18-20-22-23-24-25-26-28-29-31-33-35-37-39-41-47(51)46(45-56-57(53,54)55-44-43-50(3,4)5)49-48(52)42-40-38-36-34-32-30-27-21-19-17-15-13-11-9-7-2/h9,11,15,17,21,27,32,34,39,41,46-47,51H,6-8,10,12-14,16,18-20,22-26,28-31,33,35-38,40,42-45H2,1-5H3,(H-,49,52,53,54)/p+1/b11-9-,17-15-,27-21-,34-32-,41-39+. The van der Waals surface area contributed by atoms with Crippen molar-refractivity contribution < 1.29 is 32.9 Å². The molecule has 0 bridgehead atoms. The maximum absolute atomic E-state index is 12.9. The van der Waals surface area contributed by atoms with Crippen molar-refractivity contribution >= 4 is 13.7 Å². The molecule has 0 saturated carbocycles. The highest BCUT2D eigenvalue weighted by Gasteiger charge is 2.27. The molecule has 3 atom stereocenters. The molecule has 0 aromatic rings. The van der Waals surface area contributed by atoms with Crippen LogP contribution in [0.15, 0.2) is 60.8 Å². The number of allylic oxidation sites excluding steroid dienone is 9. The molecule has 0 aromatic heterocycles. The molecule has 0 aliphatic rings. The zero-order valence-corrected chi connectivity index (χ0v) is 38.5. The van der Waals surface area contributed by atoms with Gasteiger partial charge in [-0.3, -0.25) is 13.8 Å². The van der Waals surface area contributed by atoms with E-state index in [1.165, 1.54) is 103 Å². The van der Waals surface area contributed by atoms with Gasteiger partial charge in [-0.25, -0.2) is 4.57 Å². The van der Waals surface area contributed by atoms with Crippen LogP contribution in [-0.4, -0.2) is 73.4 Å². The molecular formula is C48H90N2O6P+. The fraction of sp³-hybridized carbons (Fsp3) is 0.771. The first-order chi connectivity index (χ1) is 27.5. The van der Waals surface area contributed by atoms with Gasteiger partial charge in [-0.2, -0.15) is 0 Å². The Hall–Kier alpha value is -1.80. The maximum atomic E-state index is 12.9. The Morgan fingerprint density at radius 2 is 1.05 bits per heavy atom. The Balaban J connectivity index is 4.45. The van der Waals surface area contributed by atoms with Crippen molar-refractivity contribution in [1.29, 1.82) is 0 Å². The fourth-order valence-corrected chi connectivity index (χ4v) is 7.06. The minimum absolute atomic E-state index is 0.0510. The second kappa shape index (κ2) is 39.6. The minimum atomic E-state index is -4.35. The first-order valence-electron chi connectivity index (χ1n) is 23.2. The maximum Gasteiger partial charge on any atom is 0.472 e. The summed E-state index contributed by atoms with van der Waals surface area (Å²) in [6.07, 6.45) is 51.6. The van der Waals surface area contributed by atoms with Crippen LogP contribution in [0.3, 0.4) is 0 Å². The van der Waals surface area contributed by atoms with Gasteiger partial charge in [-0.05, 0) is 57.8 Å². The first-order valence-corrected chi connectivity index (χ1v) is 24.7. The number of likely N-dealkylation sites (N-methyl/N-ethyl adjacent to an activating group) is 1. The van der Waals surface area contributed by atoms with Crippen molar-refractivity contribution in [2.24, 2.45) is 0 Å². The SMILES string of the molecule is CC/C=C\C/C=C\C/C=C\C/C=C\CCCCC(=O)NC(COP(=O)(O)OCC[N+](C)(C)C)C(O)/C=C/CCCCCCCCCCCCCCCCCCCC. The summed E-state index contributed by atoms with van der Waals surface area (Å²) in [7, 11) is 1.54. The monoisotopic (exact) mass is 822 g/mol. The van der Waals surface area contributed by atoms with Crippen LogP contribution in [0, 0.1) is 0 Å². The van der Waals surface area contributed by atoms with E-state index in [9.17, 15) is 19.4 Å². The van der Waals surface area contributed by atoms with Crippen molar-refractivity contribution in [3.8, 4) is 0 Å². The lowest BCUT2D eigenvalue weighted by Crippen LogP contribution is -2.45. The Labute approximate surface area is 351 Å². The smallest absolute Gasteiger partial charge is 0.387 e. The Bertz CT molecular complexity index is 1110. The van der Waals surface area contributed by atoms with Gasteiger partial charge in [0.15, 0.2) is 0 Å². The lowest BCUT2D eigenvalue weighted by molar-refractivity contribution is -0.870. The molecule has 0 radical (unpaired) electrons. The molecule has 0 spiro atoms. The van der Waals surface area contributed by atoms with E-state index < -0.39 is 20.0 Å². The van der Waals surface area contributed by atoms with Gasteiger partial charge in [0.2, 0.25) is 5.91 Å². The molecule has 0 aliphatic heterocycles. The van der Waals surface area contributed by atoms with E-state index in [4.69, 9.17) is 9.05 Å². The average Bonchev–Trinajstić information content (AvgIpc) is 3.16. The summed E-state index contributed by atoms with van der Waals surface area (Å²) in [5.74, 6) is -0.219. The van der Waals surface area contributed by atoms with Crippen LogP contribution in [0.2, 0.25) is 0 Å². The molecule has 8 nitrogen and oxygen atoms in total. The van der Waals surface area contributed by atoms with Crippen molar-refractivity contribution in [2.45, 2.75) is 199 Å². The van der Waals surface area contributed by atoms with Crippen LogP contribution in [0.4, 0.5) is 0 Å². The third-order valence-corrected chi connectivity index (χ3v) is 11.0. The molecule has 3 unspecified atom stereocenters. The highest BCUT2D eigenvalue weighted by atomic mass is 31.2. The average molecular weight is 822 g/mol. The number of phosphoric ester groups is 1. The van der Waals surface area contributed by atoms with Crippen LogP contribution >= 0.6 is 7.82 Å². The Kier molecular flexibility index (Phi) is 38.4. The molecule has 57 heavy (non-hydrogen) atoms. The fourth-order valence-electron chi connectivity index (χ4n) is 6.33. The highest BCUT2D eigenvalue weighted by Crippen LogP contribution is 2.43. The van der Waals surface area contributed by atoms with Crippen molar-refractivity contribution in [1.82, 2.24) is 5.32 Å². The zero-order chi connectivity index (χ0) is 42.1. The Morgan fingerprint density at radius 1 is 0.614 bits per heavy atom. The minimum Gasteiger partial charge on any atom is -0.387 e. The van der Waals surface area contributed by atoms with Crippen LogP contribution in [0.25, 0.3) is 0 Å². The summed E-state index contributed by atoms with van der Waals surface area (Å²) < 4.78 is 23.5. The molecule has 332 valence electrons. The first kappa shape index (κ1) is 55.2. The van der Waals surface area contributed by atoms with Gasteiger partial charge in [0, 0.05) is 6.42 Å². The molecular weight excluding hydrogens is 732 g/mol. The number of rotatable bonds is 41. The molecule has 0 rings (SSSR count). The van der Waals surface area contributed by atoms with E-state index in [1.54, 1.807) is 6.08 Å². The number of nitrogens with one attached hydrogen (secondary N) is 1. The molecule has 0 heterocycles. The molecule has 9 heteroatoms. The third kappa shape index (κ3) is 42.1. The van der Waals surface area contributed by atoms with E-state index in [-0.39, 0.29) is 19.1 Å². The lowest BCUT2D eigenvalue weighted by atomic mass is 10.0. The molecule has 1 amide bonds. The number of nitrogens with zero attached hydrogens (tertiary/aromatic N) is 1. The molecule has 3 N–H and O–H groups in total. The molecule has 0 saturated heterocycles. The summed E-state index contributed by atoms with van der Waals surface area (Å²) in [6, 6.07) is -0.870. The summed E-state index contributed by atoms with van der Waals surface area (Å²) in [4.78, 5) is 23.1. The molecule has 0 aliphatic carbocycles. The number of hydrogen-bond donors (Lipinski definition) is 3. The van der Waals surface area contributed by atoms with Crippen molar-refractivity contribution in [2.75, 3.05) is 40.9 Å². The second-order valence-electron chi connectivity index (χ2n) is 16.8. The predicted molar refractivity (Wildman–Crippen MR) is 244 cm³/mol. The molecule has 0 fully saturated rings. The zero-order valence-electron chi connectivity index (χ0n) is 37.6. The summed E-state index contributed by atoms with van der Waals surface area (Å²) in [6.45, 7) is 4.66. The largest absolute Gasteiger partial charge is 0.472 e. The van der Waals surface area contributed by atoms with Gasteiger partial charge in [0.25, 0.3) is 0 Å². The van der Waals surface area contributed by atoms with Gasteiger partial charge in [-0.15, -0.1) is 0 Å². The van der Waals surface area contributed by atoms with Crippen LogP contribution in [0.5, 0.6) is 0 Å². The van der Waals surface area contributed by atoms with Gasteiger partial charge in [0.05, 0.1) is 39.9 Å². The number of hydrogen-bond acceptors (Lipinski definition) is 5. The van der Waals surface area contributed by atoms with E-state index in [0.717, 1.165) is 57.8 Å². The number of aliphatic hydroxyl groups excluding tert-OH is 1. The number of carbonyl (C=O) groups is 1. The second-order valence-corrected chi connectivity index (χ2v) is 18.2. The van der Waals surface area contributed by atoms with E-state index >= 15 is 0 Å². The number of phosphoric acid groups is 1. The van der Waals surface area contributed by atoms with E-state index in [0.29, 0.717) is 23.9 Å². The lowest BCUT2D eigenvalue weighted by Gasteiger charge is -2.25. The molecule has 0 aromatic carbocycles. The van der Waals surface area contributed by atoms with Crippen LogP contribution in [0.1, 0.15) is 187 Å². The van der Waals surface area contributed by atoms with Gasteiger partial charge in [-0.1, -0.05) is 184 Å². The third-order valence-electron chi connectivity index (χ3n) is 9.99. The quantitative estimate of drug-likeness (QED) is 0.0245. The summed E-state index contributed by atoms with van der Waals surface area (Å²) >= 11 is 0. The number of unbranched alkanes of at least 4 members (excludes halogenated alkanes) is 20. The summed E-state index contributed by atoms with van der Waals surface area (Å²) in [5, 5.41) is 13.8. The number of quaternary nitrogens is 1. The normalized spacial score (nSPS) is 14.9. The van der Waals surface area contributed by atoms with Crippen LogP contribution < -0.4 is 5.32 Å². The predicted octanol–water partition coefficient (Wildman–Crippen LogP) is 13.0. The summed E-state index contributed by atoms with van der Waals surface area (Å²) in [5.41, 5.74) is 0. The van der Waals surface area contributed by atoms with Crippen LogP contribution in [-0.2, 0) is 18.4 Å². The number of carbonyl (C=O) groups excluding carboxylic acids is 1. The number of aliphatic hydroxyl groups is 1. The van der Waals surface area contributed by atoms with Gasteiger partial charge >= 0.3 is 7.82 Å².